The van der Waals surface area contributed by atoms with Gasteiger partial charge in [0.2, 0.25) is 5.82 Å². The van der Waals surface area contributed by atoms with Gasteiger partial charge in [0.25, 0.3) is 11.7 Å². The second kappa shape index (κ2) is 9.06. The summed E-state index contributed by atoms with van der Waals surface area (Å²) in [7, 11) is 0. The molecule has 2 rings (SSSR count). The highest BCUT2D eigenvalue weighted by molar-refractivity contribution is 6.43. The molecule has 10 nitrogen and oxygen atoms in total. The number of rotatable bonds is 7. The van der Waals surface area contributed by atoms with E-state index < -0.39 is 34.9 Å². The number of Topliss-reactive ketones (excluding diaryl/α,β-unsaturated/α-hetero) is 2. The van der Waals surface area contributed by atoms with Gasteiger partial charge in [-0.3, -0.25) is 19.2 Å². The van der Waals surface area contributed by atoms with E-state index in [2.05, 4.69) is 15.6 Å². The van der Waals surface area contributed by atoms with Gasteiger partial charge < -0.3 is 20.7 Å². The van der Waals surface area contributed by atoms with Crippen LogP contribution in [0.3, 0.4) is 0 Å². The predicted octanol–water partition coefficient (Wildman–Crippen LogP) is -0.657. The molecule has 10 heteroatoms. The number of ketones is 2. The van der Waals surface area contributed by atoms with Crippen molar-refractivity contribution in [1.82, 2.24) is 15.6 Å². The van der Waals surface area contributed by atoms with Crippen molar-refractivity contribution in [2.45, 2.75) is 33.1 Å². The van der Waals surface area contributed by atoms with Gasteiger partial charge in [-0.2, -0.15) is 0 Å². The molecular weight excluding hydrogens is 354 g/mol. The van der Waals surface area contributed by atoms with E-state index in [9.17, 15) is 24.4 Å². The Morgan fingerprint density at radius 1 is 1.04 bits per heavy atom. The molecule has 1 aromatic rings. The molecule has 0 aromatic carbocycles. The Balaban J connectivity index is 2.52. The predicted molar refractivity (Wildman–Crippen MR) is 95.3 cm³/mol. The van der Waals surface area contributed by atoms with E-state index in [1.165, 1.54) is 6.07 Å². The summed E-state index contributed by atoms with van der Waals surface area (Å²) in [6.45, 7) is 4.93. The summed E-state index contributed by atoms with van der Waals surface area (Å²) in [5, 5.41) is 17.2. The zero-order valence-corrected chi connectivity index (χ0v) is 15.4. The maximum absolute atomic E-state index is 12.5. The van der Waals surface area contributed by atoms with Gasteiger partial charge in [-0.25, -0.2) is 4.73 Å². The van der Waals surface area contributed by atoms with Crippen LogP contribution in [-0.2, 0) is 9.59 Å². The monoisotopic (exact) mass is 377 g/mol. The van der Waals surface area contributed by atoms with Crippen LogP contribution in [0.25, 0.3) is 0 Å². The Labute approximate surface area is 156 Å². The lowest BCUT2D eigenvalue weighted by Crippen LogP contribution is -2.49. The van der Waals surface area contributed by atoms with E-state index in [4.69, 9.17) is 0 Å². The first kappa shape index (κ1) is 20.3. The number of nitrogens with one attached hydrogen (secondary N) is 2. The highest BCUT2D eigenvalue weighted by Gasteiger charge is 2.34. The van der Waals surface area contributed by atoms with Gasteiger partial charge in [0.05, 0.1) is 6.07 Å². The summed E-state index contributed by atoms with van der Waals surface area (Å²) in [4.78, 5) is 54.3. The molecule has 0 spiro atoms. The molecule has 27 heavy (non-hydrogen) atoms. The van der Waals surface area contributed by atoms with Gasteiger partial charge in [0, 0.05) is 26.2 Å². The first-order valence-electron chi connectivity index (χ1n) is 8.95. The lowest BCUT2D eigenvalue weighted by molar-refractivity contribution is -0.612. The van der Waals surface area contributed by atoms with Crippen LogP contribution < -0.4 is 20.3 Å². The zero-order chi connectivity index (χ0) is 20.0. The average Bonchev–Trinajstić information content (AvgIpc) is 2.68. The van der Waals surface area contributed by atoms with Crippen molar-refractivity contribution in [1.29, 1.82) is 0 Å². The van der Waals surface area contributed by atoms with Crippen molar-refractivity contribution in [3.8, 4) is 0 Å². The molecule has 0 radical (unpaired) electrons. The van der Waals surface area contributed by atoms with Crippen LogP contribution in [0.2, 0.25) is 0 Å². The molecule has 0 aliphatic carbocycles. The van der Waals surface area contributed by atoms with Crippen molar-refractivity contribution < 1.29 is 23.9 Å². The van der Waals surface area contributed by atoms with Gasteiger partial charge in [0.1, 0.15) is 0 Å². The molecule has 1 fully saturated rings. The van der Waals surface area contributed by atoms with E-state index in [0.717, 1.165) is 19.3 Å². The Morgan fingerprint density at radius 2 is 1.59 bits per heavy atom. The van der Waals surface area contributed by atoms with Crippen LogP contribution in [0.4, 0.5) is 5.82 Å². The number of carbonyl (C=O) groups is 4. The molecule has 2 N–H and O–H groups in total. The van der Waals surface area contributed by atoms with Gasteiger partial charge in [0.15, 0.2) is 5.69 Å². The molecule has 0 atom stereocenters. The quantitative estimate of drug-likeness (QED) is 0.279. The van der Waals surface area contributed by atoms with Crippen molar-refractivity contribution >= 4 is 29.2 Å². The number of carbonyl (C=O) groups excluding carboxylic acids is 4. The lowest BCUT2D eigenvalue weighted by Gasteiger charge is -2.25. The molecule has 2 amide bonds. The summed E-state index contributed by atoms with van der Waals surface area (Å²) in [6.07, 6.45) is 2.83. The largest absolute Gasteiger partial charge is 0.710 e. The Morgan fingerprint density at radius 3 is 2.15 bits per heavy atom. The molecule has 1 saturated heterocycles. The Kier molecular flexibility index (Phi) is 6.80. The molecule has 146 valence electrons. The smallest absolute Gasteiger partial charge is 0.382 e. The normalized spacial score (nSPS) is 13.8. The molecular formula is C17H23N5O5. The zero-order valence-electron chi connectivity index (χ0n) is 15.4. The van der Waals surface area contributed by atoms with Gasteiger partial charge in [-0.1, -0.05) is 0 Å². The van der Waals surface area contributed by atoms with E-state index >= 15 is 0 Å². The highest BCUT2D eigenvalue weighted by atomic mass is 16.5. The molecule has 0 bridgehead atoms. The Hall–Kier alpha value is -3.04. The standard InChI is InChI=1S/C17H23N5O5/c1-3-18-16(25)13(23)11-10-12(21-8-6-5-7-9-21)20-15(22(11)27)14(24)17(26)19-4-2/h10H,3-9H2,1-2H3,(H,18,25)(H,19,26). The molecule has 1 aliphatic heterocycles. The fourth-order valence-electron chi connectivity index (χ4n) is 2.77. The number of amides is 2. The van der Waals surface area contributed by atoms with Crippen molar-refractivity contribution in [2.24, 2.45) is 0 Å². The summed E-state index contributed by atoms with van der Waals surface area (Å²) in [5.74, 6) is -4.71. The minimum absolute atomic E-state index is 0.0391. The van der Waals surface area contributed by atoms with Crippen LogP contribution in [0, 0.1) is 5.21 Å². The fourth-order valence-corrected chi connectivity index (χ4v) is 2.77. The van der Waals surface area contributed by atoms with Gasteiger partial charge in [-0.15, -0.1) is 0 Å². The maximum atomic E-state index is 12.5. The van der Waals surface area contributed by atoms with Crippen molar-refractivity contribution in [2.75, 3.05) is 31.1 Å². The van der Waals surface area contributed by atoms with E-state index in [-0.39, 0.29) is 23.6 Å². The number of hydrogen-bond donors (Lipinski definition) is 2. The number of piperidine rings is 1. The summed E-state index contributed by atoms with van der Waals surface area (Å²) >= 11 is 0. The SMILES string of the molecule is CCNC(=O)C(=O)c1cc(N2CCCCC2)nc(C(=O)C(=O)NCC)[n+]1[O-]. The number of likely N-dealkylation sites (N-methyl/N-ethyl adjacent to an activating group) is 2. The number of anilines is 1. The lowest BCUT2D eigenvalue weighted by atomic mass is 10.1. The van der Waals surface area contributed by atoms with Crippen LogP contribution in [-0.4, -0.2) is 54.5 Å². The third kappa shape index (κ3) is 4.57. The second-order valence-electron chi connectivity index (χ2n) is 6.04. The minimum Gasteiger partial charge on any atom is -0.710 e. The topological polar surface area (TPSA) is 135 Å². The summed E-state index contributed by atoms with van der Waals surface area (Å²) in [5.41, 5.74) is -0.538. The van der Waals surface area contributed by atoms with Crippen LogP contribution in [0.15, 0.2) is 6.07 Å². The molecule has 1 aromatic heterocycles. The molecule has 0 unspecified atom stereocenters. The van der Waals surface area contributed by atoms with Gasteiger partial charge >= 0.3 is 17.5 Å². The maximum Gasteiger partial charge on any atom is 0.382 e. The first-order valence-corrected chi connectivity index (χ1v) is 8.95. The minimum atomic E-state index is -1.16. The summed E-state index contributed by atoms with van der Waals surface area (Å²) < 4.78 is -0.0391. The van der Waals surface area contributed by atoms with Crippen LogP contribution in [0.5, 0.6) is 0 Å². The fraction of sp³-hybridized carbons (Fsp3) is 0.529. The second-order valence-corrected chi connectivity index (χ2v) is 6.04. The third-order valence-electron chi connectivity index (χ3n) is 4.10. The van der Waals surface area contributed by atoms with Crippen molar-refractivity contribution in [3.63, 3.8) is 0 Å². The average molecular weight is 377 g/mol. The highest BCUT2D eigenvalue weighted by Crippen LogP contribution is 2.18. The van der Waals surface area contributed by atoms with E-state index in [0.29, 0.717) is 13.1 Å². The van der Waals surface area contributed by atoms with Crippen molar-refractivity contribution in [3.05, 3.63) is 22.8 Å². The molecule has 0 saturated carbocycles. The Bertz CT molecular complexity index is 707. The number of hydrogen-bond acceptors (Lipinski definition) is 7. The first-order chi connectivity index (χ1) is 12.9. The number of aromatic nitrogens is 2. The van der Waals surface area contributed by atoms with E-state index in [1.807, 2.05) is 4.90 Å². The number of nitrogens with zero attached hydrogens (tertiary/aromatic N) is 3. The third-order valence-corrected chi connectivity index (χ3v) is 4.10. The molecule has 1 aliphatic rings. The molecule has 2 heterocycles. The van der Waals surface area contributed by atoms with Crippen LogP contribution in [0.1, 0.15) is 54.2 Å². The van der Waals surface area contributed by atoms with E-state index in [1.54, 1.807) is 13.8 Å². The van der Waals surface area contributed by atoms with Crippen LogP contribution >= 0.6 is 0 Å². The van der Waals surface area contributed by atoms with Gasteiger partial charge in [-0.05, 0) is 38.1 Å². The summed E-state index contributed by atoms with van der Waals surface area (Å²) in [6, 6.07) is 1.20.